The molecule has 1 rings (SSSR count). The Morgan fingerprint density at radius 1 is 1.40 bits per heavy atom. The van der Waals surface area contributed by atoms with E-state index >= 15 is 0 Å². The van der Waals surface area contributed by atoms with Gasteiger partial charge >= 0.3 is 5.97 Å². The zero-order chi connectivity index (χ0) is 15.3. The second-order valence-electron chi connectivity index (χ2n) is 6.79. The highest BCUT2D eigenvalue weighted by molar-refractivity contribution is 5.80. The normalized spacial score (nSPS) is 20.0. The maximum atomic E-state index is 12.3. The van der Waals surface area contributed by atoms with Crippen molar-refractivity contribution in [2.45, 2.75) is 71.5 Å². The average molecular weight is 284 g/mol. The summed E-state index contributed by atoms with van der Waals surface area (Å²) in [4.78, 5) is 14.7. The lowest BCUT2D eigenvalue weighted by atomic mass is 9.92. The van der Waals surface area contributed by atoms with Crippen LogP contribution in [0, 0.1) is 5.92 Å². The summed E-state index contributed by atoms with van der Waals surface area (Å²) >= 11 is 0. The quantitative estimate of drug-likeness (QED) is 0.660. The molecule has 0 aromatic heterocycles. The summed E-state index contributed by atoms with van der Waals surface area (Å²) in [5.74, 6) is 0.731. The van der Waals surface area contributed by atoms with Gasteiger partial charge in [-0.05, 0) is 66.8 Å². The van der Waals surface area contributed by atoms with Gasteiger partial charge in [0.15, 0.2) is 0 Å². The molecular formula is C16H32N2O2. The lowest BCUT2D eigenvalue weighted by Crippen LogP contribution is -2.56. The van der Waals surface area contributed by atoms with Crippen LogP contribution in [0.1, 0.15) is 53.9 Å². The maximum Gasteiger partial charge on any atom is 0.326 e. The minimum Gasteiger partial charge on any atom is -0.465 e. The van der Waals surface area contributed by atoms with Gasteiger partial charge in [-0.3, -0.25) is 10.1 Å². The standard InChI is InChI=1S/C16H32N2O2/c1-7-20-15(19)16(5,17-12(2)3)10-13(4)18(6)11-14-8-9-14/h12-14,17H,7-11H2,1-6H3. The van der Waals surface area contributed by atoms with E-state index in [1.807, 2.05) is 13.8 Å². The first-order valence-electron chi connectivity index (χ1n) is 7.93. The molecule has 0 aliphatic heterocycles. The molecule has 118 valence electrons. The number of hydrogen-bond acceptors (Lipinski definition) is 4. The fourth-order valence-corrected chi connectivity index (χ4v) is 2.76. The smallest absolute Gasteiger partial charge is 0.326 e. The molecule has 1 aliphatic rings. The molecule has 0 radical (unpaired) electrons. The van der Waals surface area contributed by atoms with Crippen LogP contribution in [0.2, 0.25) is 0 Å². The van der Waals surface area contributed by atoms with Gasteiger partial charge in [-0.2, -0.15) is 0 Å². The van der Waals surface area contributed by atoms with Crippen LogP contribution in [0.3, 0.4) is 0 Å². The van der Waals surface area contributed by atoms with E-state index in [1.165, 1.54) is 12.8 Å². The van der Waals surface area contributed by atoms with Crippen LogP contribution in [0.4, 0.5) is 0 Å². The topological polar surface area (TPSA) is 41.6 Å². The monoisotopic (exact) mass is 284 g/mol. The van der Waals surface area contributed by atoms with E-state index in [0.717, 1.165) is 18.9 Å². The van der Waals surface area contributed by atoms with Gasteiger partial charge < -0.3 is 9.64 Å². The van der Waals surface area contributed by atoms with Crippen LogP contribution < -0.4 is 5.32 Å². The predicted molar refractivity (Wildman–Crippen MR) is 82.7 cm³/mol. The van der Waals surface area contributed by atoms with Crippen LogP contribution in [-0.4, -0.2) is 48.7 Å². The fourth-order valence-electron chi connectivity index (χ4n) is 2.76. The minimum absolute atomic E-state index is 0.139. The van der Waals surface area contributed by atoms with Crippen molar-refractivity contribution >= 4 is 5.97 Å². The van der Waals surface area contributed by atoms with Crippen molar-refractivity contribution in [3.63, 3.8) is 0 Å². The molecule has 0 aromatic carbocycles. The Kier molecular flexibility index (Phi) is 6.46. The Hall–Kier alpha value is -0.610. The number of esters is 1. The van der Waals surface area contributed by atoms with E-state index in [4.69, 9.17) is 4.74 Å². The molecule has 0 bridgehead atoms. The van der Waals surface area contributed by atoms with Gasteiger partial charge in [0.1, 0.15) is 5.54 Å². The minimum atomic E-state index is -0.610. The van der Waals surface area contributed by atoms with E-state index in [-0.39, 0.29) is 12.0 Å². The lowest BCUT2D eigenvalue weighted by molar-refractivity contribution is -0.151. The molecule has 1 saturated carbocycles. The van der Waals surface area contributed by atoms with Gasteiger partial charge in [-0.25, -0.2) is 0 Å². The third-order valence-electron chi connectivity index (χ3n) is 4.03. The number of hydrogen-bond donors (Lipinski definition) is 1. The van der Waals surface area contributed by atoms with Gasteiger partial charge in [0.2, 0.25) is 0 Å². The van der Waals surface area contributed by atoms with Gasteiger partial charge in [0.25, 0.3) is 0 Å². The summed E-state index contributed by atoms with van der Waals surface area (Å²) in [6, 6.07) is 0.613. The Morgan fingerprint density at radius 3 is 2.45 bits per heavy atom. The van der Waals surface area contributed by atoms with E-state index < -0.39 is 5.54 Å². The zero-order valence-electron chi connectivity index (χ0n) is 14.0. The molecule has 0 amide bonds. The highest BCUT2D eigenvalue weighted by Crippen LogP contribution is 2.30. The SMILES string of the molecule is CCOC(=O)C(C)(CC(C)N(C)CC1CC1)NC(C)C. The van der Waals surface area contributed by atoms with Crippen LogP contribution in [0.25, 0.3) is 0 Å². The van der Waals surface area contributed by atoms with Crippen molar-refractivity contribution in [3.05, 3.63) is 0 Å². The number of nitrogens with zero attached hydrogens (tertiary/aromatic N) is 1. The molecule has 1 N–H and O–H groups in total. The molecule has 2 unspecified atom stereocenters. The second kappa shape index (κ2) is 7.41. The molecule has 0 heterocycles. The van der Waals surface area contributed by atoms with Gasteiger partial charge in [-0.1, -0.05) is 0 Å². The van der Waals surface area contributed by atoms with Crippen LogP contribution in [0.15, 0.2) is 0 Å². The number of ether oxygens (including phenoxy) is 1. The van der Waals surface area contributed by atoms with Crippen molar-refractivity contribution in [3.8, 4) is 0 Å². The lowest BCUT2D eigenvalue weighted by Gasteiger charge is -2.36. The molecule has 2 atom stereocenters. The average Bonchev–Trinajstić information content (AvgIpc) is 3.11. The summed E-state index contributed by atoms with van der Waals surface area (Å²) in [5.41, 5.74) is -0.610. The third kappa shape index (κ3) is 5.41. The number of nitrogens with one attached hydrogen (secondary N) is 1. The van der Waals surface area contributed by atoms with E-state index in [0.29, 0.717) is 12.6 Å². The molecule has 0 spiro atoms. The summed E-state index contributed by atoms with van der Waals surface area (Å²) in [5, 5.41) is 3.39. The Balaban J connectivity index is 2.63. The predicted octanol–water partition coefficient (Wildman–Crippen LogP) is 2.43. The van der Waals surface area contributed by atoms with Crippen molar-refractivity contribution in [1.82, 2.24) is 10.2 Å². The van der Waals surface area contributed by atoms with E-state index in [2.05, 4.69) is 38.0 Å². The maximum absolute atomic E-state index is 12.3. The Bertz CT molecular complexity index is 316. The first-order valence-corrected chi connectivity index (χ1v) is 7.93. The highest BCUT2D eigenvalue weighted by Gasteiger charge is 2.38. The molecule has 1 fully saturated rings. The van der Waals surface area contributed by atoms with Crippen molar-refractivity contribution in [2.24, 2.45) is 5.92 Å². The largest absolute Gasteiger partial charge is 0.465 e. The first kappa shape index (κ1) is 17.4. The first-order chi connectivity index (χ1) is 9.28. The van der Waals surface area contributed by atoms with E-state index in [1.54, 1.807) is 0 Å². The van der Waals surface area contributed by atoms with Crippen LogP contribution in [-0.2, 0) is 9.53 Å². The fraction of sp³-hybridized carbons (Fsp3) is 0.938. The number of rotatable bonds is 9. The Labute approximate surface area is 124 Å². The van der Waals surface area contributed by atoms with E-state index in [9.17, 15) is 4.79 Å². The van der Waals surface area contributed by atoms with Gasteiger partial charge in [-0.15, -0.1) is 0 Å². The number of carbonyl (C=O) groups excluding carboxylic acids is 1. The van der Waals surface area contributed by atoms with Crippen LogP contribution in [0.5, 0.6) is 0 Å². The Morgan fingerprint density at radius 2 is 2.00 bits per heavy atom. The summed E-state index contributed by atoms with van der Waals surface area (Å²) in [7, 11) is 2.16. The molecule has 0 aromatic rings. The molecule has 4 heteroatoms. The molecule has 0 saturated heterocycles. The summed E-state index contributed by atoms with van der Waals surface area (Å²) in [6.07, 6.45) is 3.49. The highest BCUT2D eigenvalue weighted by atomic mass is 16.5. The summed E-state index contributed by atoms with van der Waals surface area (Å²) < 4.78 is 5.26. The summed E-state index contributed by atoms with van der Waals surface area (Å²) in [6.45, 7) is 11.7. The van der Waals surface area contributed by atoms with Crippen LogP contribution >= 0.6 is 0 Å². The van der Waals surface area contributed by atoms with Gasteiger partial charge in [0, 0.05) is 18.6 Å². The van der Waals surface area contributed by atoms with Crippen molar-refractivity contribution < 1.29 is 9.53 Å². The van der Waals surface area contributed by atoms with Gasteiger partial charge in [0.05, 0.1) is 6.61 Å². The molecule has 4 nitrogen and oxygen atoms in total. The third-order valence-corrected chi connectivity index (χ3v) is 4.03. The molecule has 20 heavy (non-hydrogen) atoms. The molecular weight excluding hydrogens is 252 g/mol. The number of carbonyl (C=O) groups is 1. The second-order valence-corrected chi connectivity index (χ2v) is 6.79. The van der Waals surface area contributed by atoms with Crippen molar-refractivity contribution in [2.75, 3.05) is 20.2 Å². The van der Waals surface area contributed by atoms with Crippen molar-refractivity contribution in [1.29, 1.82) is 0 Å². The zero-order valence-corrected chi connectivity index (χ0v) is 14.0. The molecule has 1 aliphatic carbocycles.